The third-order valence-electron chi connectivity index (χ3n) is 5.71. The third kappa shape index (κ3) is 4.57. The number of amides is 2. The Bertz CT molecular complexity index is 716. The molecule has 4 N–H and O–H groups in total. The van der Waals surface area contributed by atoms with Crippen LogP contribution in [0.15, 0.2) is 24.3 Å². The molecule has 28 heavy (non-hydrogen) atoms. The lowest BCUT2D eigenvalue weighted by atomic mass is 9.98. The summed E-state index contributed by atoms with van der Waals surface area (Å²) in [6, 6.07) is 7.46. The van der Waals surface area contributed by atoms with E-state index in [0.29, 0.717) is 57.6 Å². The predicted octanol–water partition coefficient (Wildman–Crippen LogP) is 1.88. The quantitative estimate of drug-likeness (QED) is 0.694. The Morgan fingerprint density at radius 2 is 1.29 bits per heavy atom. The zero-order chi connectivity index (χ0) is 20.3. The second kappa shape index (κ2) is 8.64. The maximum atomic E-state index is 14.1. The second-order valence-electron chi connectivity index (χ2n) is 7.66. The maximum Gasteiger partial charge on any atom is 0.395 e. The van der Waals surface area contributed by atoms with Crippen LogP contribution in [-0.2, 0) is 14.2 Å². The average molecular weight is 408 g/mol. The van der Waals surface area contributed by atoms with Crippen LogP contribution in [0.4, 0.5) is 0 Å². The normalized spacial score (nSPS) is 20.8. The van der Waals surface area contributed by atoms with E-state index in [4.69, 9.17) is 16.0 Å². The Morgan fingerprint density at radius 1 is 0.893 bits per heavy atom. The highest BCUT2D eigenvalue weighted by Crippen LogP contribution is 2.56. The number of piperidine rings is 2. The molecule has 0 atom stereocenters. The van der Waals surface area contributed by atoms with Gasteiger partial charge in [0.15, 0.2) is 0 Å². The van der Waals surface area contributed by atoms with Crippen molar-refractivity contribution in [1.82, 2.24) is 9.34 Å². The Balaban J connectivity index is 1.80. The van der Waals surface area contributed by atoms with Crippen molar-refractivity contribution in [2.75, 3.05) is 26.2 Å². The minimum atomic E-state index is -3.36. The fourth-order valence-electron chi connectivity index (χ4n) is 3.84. The lowest BCUT2D eigenvalue weighted by molar-refractivity contribution is -0.123. The van der Waals surface area contributed by atoms with Crippen LogP contribution < -0.4 is 16.0 Å². The number of benzene rings is 1. The molecule has 0 saturated carbocycles. The molecule has 0 bridgehead atoms. The molecule has 1 aromatic carbocycles. The molecule has 1 aromatic rings. The molecule has 2 aliphatic rings. The first-order valence-corrected chi connectivity index (χ1v) is 11.3. The maximum absolute atomic E-state index is 14.1. The van der Waals surface area contributed by atoms with Crippen LogP contribution in [0.1, 0.15) is 31.2 Å². The van der Waals surface area contributed by atoms with Crippen LogP contribution in [0.5, 0.6) is 5.75 Å². The first kappa shape index (κ1) is 20.8. The van der Waals surface area contributed by atoms with Crippen molar-refractivity contribution in [3.05, 3.63) is 29.8 Å². The van der Waals surface area contributed by atoms with Gasteiger partial charge < -0.3 is 16.0 Å². The van der Waals surface area contributed by atoms with Crippen LogP contribution >= 0.6 is 7.67 Å². The number of carbonyl (C=O) groups excluding carboxylic acids is 2. The Kier molecular flexibility index (Phi) is 6.43. The van der Waals surface area contributed by atoms with Gasteiger partial charge in [0.1, 0.15) is 5.75 Å². The molecule has 0 unspecified atom stereocenters. The van der Waals surface area contributed by atoms with E-state index in [2.05, 4.69) is 0 Å². The molecular formula is C19H29N4O4P. The van der Waals surface area contributed by atoms with Crippen molar-refractivity contribution in [3.8, 4) is 5.75 Å². The van der Waals surface area contributed by atoms with Crippen molar-refractivity contribution in [2.45, 2.75) is 32.6 Å². The highest BCUT2D eigenvalue weighted by Gasteiger charge is 2.44. The fourth-order valence-corrected chi connectivity index (χ4v) is 6.29. The molecule has 2 fully saturated rings. The van der Waals surface area contributed by atoms with Gasteiger partial charge in [-0.15, -0.1) is 0 Å². The standard InChI is InChI=1S/C19H29N4O4P/c1-14-2-4-17(5-3-14)27-28(26,22-10-6-15(7-11-22)18(20)24)23-12-8-16(9-13-23)19(21)25/h2-5,15-16H,6-13H2,1H3,(H2,20,24)(H2,21,25). The van der Waals surface area contributed by atoms with Gasteiger partial charge in [-0.05, 0) is 44.7 Å². The number of aryl methyl sites for hydroxylation is 1. The van der Waals surface area contributed by atoms with Crippen molar-refractivity contribution < 1.29 is 18.7 Å². The van der Waals surface area contributed by atoms with Gasteiger partial charge in [0.2, 0.25) is 11.8 Å². The smallest absolute Gasteiger partial charge is 0.395 e. The first-order valence-electron chi connectivity index (χ1n) is 9.75. The van der Waals surface area contributed by atoms with Gasteiger partial charge in [0, 0.05) is 38.0 Å². The van der Waals surface area contributed by atoms with Gasteiger partial charge in [-0.1, -0.05) is 17.7 Å². The largest absolute Gasteiger partial charge is 0.422 e. The fraction of sp³-hybridized carbons (Fsp3) is 0.579. The van der Waals surface area contributed by atoms with Crippen molar-refractivity contribution >= 4 is 19.5 Å². The van der Waals surface area contributed by atoms with Gasteiger partial charge in [0.05, 0.1) is 0 Å². The summed E-state index contributed by atoms with van der Waals surface area (Å²) in [4.78, 5) is 23.0. The molecule has 3 rings (SSSR count). The number of nitrogens with zero attached hydrogens (tertiary/aromatic N) is 2. The van der Waals surface area contributed by atoms with E-state index < -0.39 is 7.67 Å². The van der Waals surface area contributed by atoms with Crippen LogP contribution in [0.2, 0.25) is 0 Å². The molecule has 2 heterocycles. The topological polar surface area (TPSA) is 119 Å². The molecule has 2 amide bonds. The van der Waals surface area contributed by atoms with Gasteiger partial charge >= 0.3 is 7.67 Å². The van der Waals surface area contributed by atoms with E-state index in [0.717, 1.165) is 5.56 Å². The number of primary amides is 2. The molecular weight excluding hydrogens is 379 g/mol. The van der Waals surface area contributed by atoms with Crippen LogP contribution in [0.25, 0.3) is 0 Å². The van der Waals surface area contributed by atoms with Crippen LogP contribution in [-0.4, -0.2) is 47.3 Å². The first-order chi connectivity index (χ1) is 13.3. The SMILES string of the molecule is Cc1ccc(OP(=O)(N2CCC(C(N)=O)CC2)N2CCC(C(N)=O)CC2)cc1. The van der Waals surface area contributed by atoms with E-state index in [1.165, 1.54) is 0 Å². The van der Waals surface area contributed by atoms with Gasteiger partial charge in [-0.2, -0.15) is 0 Å². The summed E-state index contributed by atoms with van der Waals surface area (Å²) >= 11 is 0. The van der Waals surface area contributed by atoms with Crippen molar-refractivity contribution in [1.29, 1.82) is 0 Å². The summed E-state index contributed by atoms with van der Waals surface area (Å²) in [5.74, 6) is -0.454. The summed E-state index contributed by atoms with van der Waals surface area (Å²) in [6.45, 7) is 3.89. The second-order valence-corrected chi connectivity index (χ2v) is 9.95. The molecule has 8 nitrogen and oxygen atoms in total. The van der Waals surface area contributed by atoms with Crippen molar-refractivity contribution in [2.24, 2.45) is 23.3 Å². The summed E-state index contributed by atoms with van der Waals surface area (Å²) in [7, 11) is -3.36. The van der Waals surface area contributed by atoms with Crippen LogP contribution in [0, 0.1) is 18.8 Å². The minimum absolute atomic E-state index is 0.190. The minimum Gasteiger partial charge on any atom is -0.422 e. The third-order valence-corrected chi connectivity index (χ3v) is 8.39. The highest BCUT2D eigenvalue weighted by atomic mass is 31.2. The van der Waals surface area contributed by atoms with Gasteiger partial charge in [-0.3, -0.25) is 9.59 Å². The Hall–Kier alpha value is -1.89. The number of carbonyl (C=O) groups is 2. The molecule has 2 aliphatic heterocycles. The summed E-state index contributed by atoms with van der Waals surface area (Å²) in [5, 5.41) is 0. The van der Waals surface area contributed by atoms with E-state index in [1.54, 1.807) is 0 Å². The molecule has 2 saturated heterocycles. The Labute approximate surface area is 165 Å². The van der Waals surface area contributed by atoms with Crippen LogP contribution in [0.3, 0.4) is 0 Å². The van der Waals surface area contributed by atoms with E-state index >= 15 is 0 Å². The van der Waals surface area contributed by atoms with Gasteiger partial charge in [0.25, 0.3) is 0 Å². The molecule has 0 aliphatic carbocycles. The number of rotatable bonds is 6. The number of hydrogen-bond donors (Lipinski definition) is 2. The monoisotopic (exact) mass is 408 g/mol. The summed E-state index contributed by atoms with van der Waals surface area (Å²) in [6.07, 6.45) is 2.26. The van der Waals surface area contributed by atoms with E-state index in [1.807, 2.05) is 40.5 Å². The summed E-state index contributed by atoms with van der Waals surface area (Å²) < 4.78 is 23.9. The van der Waals surface area contributed by atoms with Gasteiger partial charge in [-0.25, -0.2) is 13.9 Å². The number of hydrogen-bond acceptors (Lipinski definition) is 4. The molecule has 0 radical (unpaired) electrons. The van der Waals surface area contributed by atoms with Crippen molar-refractivity contribution in [3.63, 3.8) is 0 Å². The summed E-state index contributed by atoms with van der Waals surface area (Å²) in [5.41, 5.74) is 12.0. The number of nitrogens with two attached hydrogens (primary N) is 2. The zero-order valence-corrected chi connectivity index (χ0v) is 17.1. The lowest BCUT2D eigenvalue weighted by Gasteiger charge is -2.42. The molecule has 9 heteroatoms. The molecule has 0 aromatic heterocycles. The Morgan fingerprint density at radius 3 is 1.64 bits per heavy atom. The van der Waals surface area contributed by atoms with E-state index in [-0.39, 0.29) is 23.7 Å². The average Bonchev–Trinajstić information content (AvgIpc) is 2.70. The predicted molar refractivity (Wildman–Crippen MR) is 106 cm³/mol. The zero-order valence-electron chi connectivity index (χ0n) is 16.3. The molecule has 154 valence electrons. The molecule has 0 spiro atoms. The lowest BCUT2D eigenvalue weighted by Crippen LogP contribution is -2.45. The van der Waals surface area contributed by atoms with E-state index in [9.17, 15) is 14.2 Å². The highest BCUT2D eigenvalue weighted by molar-refractivity contribution is 7.54.